The Kier molecular flexibility index (Phi) is 2.32. The number of likely N-dealkylation sites (tertiary alicyclic amines) is 1. The summed E-state index contributed by atoms with van der Waals surface area (Å²) < 4.78 is 0. The van der Waals surface area contributed by atoms with Gasteiger partial charge < -0.3 is 15.1 Å². The molecule has 0 aromatic rings. The maximum atomic E-state index is 10.9. The SMILES string of the molecule is CC1CC(O)CN1C(=O)C(=O)O. The first-order chi connectivity index (χ1) is 5.52. The average molecular weight is 173 g/mol. The summed E-state index contributed by atoms with van der Waals surface area (Å²) >= 11 is 0. The molecule has 1 aliphatic rings. The molecule has 2 unspecified atom stereocenters. The summed E-state index contributed by atoms with van der Waals surface area (Å²) in [5, 5.41) is 17.5. The fourth-order valence-electron chi connectivity index (χ4n) is 1.41. The van der Waals surface area contributed by atoms with Crippen molar-refractivity contribution in [3.8, 4) is 0 Å². The molecule has 0 aromatic carbocycles. The molecule has 1 heterocycles. The lowest BCUT2D eigenvalue weighted by Crippen LogP contribution is -2.39. The summed E-state index contributed by atoms with van der Waals surface area (Å²) in [7, 11) is 0. The minimum atomic E-state index is -1.46. The normalized spacial score (nSPS) is 29.0. The monoisotopic (exact) mass is 173 g/mol. The van der Waals surface area contributed by atoms with Gasteiger partial charge in [-0.3, -0.25) is 4.79 Å². The van der Waals surface area contributed by atoms with Crippen LogP contribution in [0.5, 0.6) is 0 Å². The molecule has 0 aliphatic carbocycles. The van der Waals surface area contributed by atoms with Crippen LogP contribution in [0.25, 0.3) is 0 Å². The number of nitrogens with zero attached hydrogens (tertiary/aromatic N) is 1. The van der Waals surface area contributed by atoms with Crippen molar-refractivity contribution in [2.45, 2.75) is 25.5 Å². The number of aliphatic hydroxyl groups excluding tert-OH is 1. The zero-order valence-electron chi connectivity index (χ0n) is 6.73. The Bertz CT molecular complexity index is 215. The summed E-state index contributed by atoms with van der Waals surface area (Å²) in [5.74, 6) is -2.39. The Morgan fingerprint density at radius 3 is 2.42 bits per heavy atom. The van der Waals surface area contributed by atoms with E-state index in [0.29, 0.717) is 6.42 Å². The Labute approximate surface area is 69.6 Å². The van der Waals surface area contributed by atoms with Crippen LogP contribution in [0.1, 0.15) is 13.3 Å². The van der Waals surface area contributed by atoms with E-state index in [-0.39, 0.29) is 12.6 Å². The second kappa shape index (κ2) is 3.10. The standard InChI is InChI=1S/C7H11NO4/c1-4-2-5(9)3-8(4)6(10)7(11)12/h4-5,9H,2-3H2,1H3,(H,11,12). The van der Waals surface area contributed by atoms with Crippen LogP contribution in [0, 0.1) is 0 Å². The number of hydrogen-bond donors (Lipinski definition) is 2. The molecule has 0 spiro atoms. The van der Waals surface area contributed by atoms with Gasteiger partial charge in [0.05, 0.1) is 6.10 Å². The van der Waals surface area contributed by atoms with Gasteiger partial charge >= 0.3 is 11.9 Å². The van der Waals surface area contributed by atoms with Gasteiger partial charge in [0.1, 0.15) is 0 Å². The summed E-state index contributed by atoms with van der Waals surface area (Å²) in [4.78, 5) is 22.4. The van der Waals surface area contributed by atoms with Gasteiger partial charge in [0.25, 0.3) is 0 Å². The molecule has 2 N–H and O–H groups in total. The average Bonchev–Trinajstić information content (AvgIpc) is 2.28. The second-order valence-electron chi connectivity index (χ2n) is 3.00. The molecule has 12 heavy (non-hydrogen) atoms. The summed E-state index contributed by atoms with van der Waals surface area (Å²) in [5.41, 5.74) is 0. The molecule has 5 heteroatoms. The molecule has 1 amide bonds. The Balaban J connectivity index is 2.64. The highest BCUT2D eigenvalue weighted by atomic mass is 16.4. The lowest BCUT2D eigenvalue weighted by molar-refractivity contribution is -0.156. The minimum Gasteiger partial charge on any atom is -0.474 e. The van der Waals surface area contributed by atoms with Crippen LogP contribution in [-0.2, 0) is 9.59 Å². The molecule has 0 bridgehead atoms. The molecular weight excluding hydrogens is 162 g/mol. The molecule has 2 atom stereocenters. The first-order valence-electron chi connectivity index (χ1n) is 3.74. The van der Waals surface area contributed by atoms with Crippen molar-refractivity contribution < 1.29 is 19.8 Å². The number of carboxylic acid groups (broad SMARTS) is 1. The van der Waals surface area contributed by atoms with Gasteiger partial charge in [-0.2, -0.15) is 0 Å². The number of rotatable bonds is 0. The van der Waals surface area contributed by atoms with Gasteiger partial charge in [0, 0.05) is 12.6 Å². The van der Waals surface area contributed by atoms with Crippen molar-refractivity contribution in [3.63, 3.8) is 0 Å². The topological polar surface area (TPSA) is 77.8 Å². The molecule has 5 nitrogen and oxygen atoms in total. The molecule has 0 saturated carbocycles. The van der Waals surface area contributed by atoms with Crippen molar-refractivity contribution in [2.24, 2.45) is 0 Å². The minimum absolute atomic E-state index is 0.131. The van der Waals surface area contributed by atoms with Crippen molar-refractivity contribution in [2.75, 3.05) is 6.54 Å². The van der Waals surface area contributed by atoms with E-state index in [0.717, 1.165) is 0 Å². The van der Waals surface area contributed by atoms with E-state index in [4.69, 9.17) is 10.2 Å². The molecule has 0 radical (unpaired) electrons. The summed E-state index contributed by atoms with van der Waals surface area (Å²) in [6.07, 6.45) is -0.123. The predicted molar refractivity (Wildman–Crippen MR) is 39.4 cm³/mol. The van der Waals surface area contributed by atoms with Gasteiger partial charge in [-0.25, -0.2) is 4.79 Å². The van der Waals surface area contributed by atoms with E-state index in [1.165, 1.54) is 4.90 Å². The van der Waals surface area contributed by atoms with Crippen molar-refractivity contribution in [3.05, 3.63) is 0 Å². The van der Waals surface area contributed by atoms with Crippen LogP contribution < -0.4 is 0 Å². The highest BCUT2D eigenvalue weighted by Gasteiger charge is 2.34. The zero-order valence-corrected chi connectivity index (χ0v) is 6.73. The first-order valence-corrected chi connectivity index (χ1v) is 3.74. The molecule has 1 aliphatic heterocycles. The molecular formula is C7H11NO4. The van der Waals surface area contributed by atoms with Crippen LogP contribution in [0.4, 0.5) is 0 Å². The first kappa shape index (κ1) is 8.99. The molecule has 68 valence electrons. The predicted octanol–water partition coefficient (Wildman–Crippen LogP) is -0.947. The van der Waals surface area contributed by atoms with Crippen LogP contribution in [0.15, 0.2) is 0 Å². The lowest BCUT2D eigenvalue weighted by atomic mass is 10.2. The third kappa shape index (κ3) is 1.55. The van der Waals surface area contributed by atoms with Gasteiger partial charge in [-0.1, -0.05) is 0 Å². The van der Waals surface area contributed by atoms with Gasteiger partial charge in [-0.15, -0.1) is 0 Å². The molecule has 1 fully saturated rings. The maximum Gasteiger partial charge on any atom is 0.394 e. The van der Waals surface area contributed by atoms with Gasteiger partial charge in [0.15, 0.2) is 0 Å². The second-order valence-corrected chi connectivity index (χ2v) is 3.00. The van der Waals surface area contributed by atoms with E-state index in [9.17, 15) is 9.59 Å². The van der Waals surface area contributed by atoms with E-state index >= 15 is 0 Å². The zero-order chi connectivity index (χ0) is 9.30. The summed E-state index contributed by atoms with van der Waals surface area (Å²) in [6.45, 7) is 1.85. The van der Waals surface area contributed by atoms with Crippen LogP contribution in [-0.4, -0.2) is 45.7 Å². The Morgan fingerprint density at radius 2 is 2.08 bits per heavy atom. The maximum absolute atomic E-state index is 10.9. The van der Waals surface area contributed by atoms with Crippen molar-refractivity contribution in [1.29, 1.82) is 0 Å². The van der Waals surface area contributed by atoms with E-state index in [1.54, 1.807) is 6.92 Å². The highest BCUT2D eigenvalue weighted by molar-refractivity contribution is 6.31. The van der Waals surface area contributed by atoms with Crippen LogP contribution >= 0.6 is 0 Å². The van der Waals surface area contributed by atoms with E-state index in [1.807, 2.05) is 0 Å². The number of aliphatic hydroxyl groups is 1. The van der Waals surface area contributed by atoms with E-state index < -0.39 is 18.0 Å². The highest BCUT2D eigenvalue weighted by Crippen LogP contribution is 2.16. The Morgan fingerprint density at radius 1 is 1.50 bits per heavy atom. The largest absolute Gasteiger partial charge is 0.474 e. The Hall–Kier alpha value is -1.10. The number of β-amino-alcohol motifs (C(OH)–C–C–N with tert-alkyl or cyclic N) is 1. The fraction of sp³-hybridized carbons (Fsp3) is 0.714. The number of amides is 1. The third-order valence-electron chi connectivity index (χ3n) is 2.00. The van der Waals surface area contributed by atoms with Gasteiger partial charge in [-0.05, 0) is 13.3 Å². The van der Waals surface area contributed by atoms with Crippen LogP contribution in [0.3, 0.4) is 0 Å². The van der Waals surface area contributed by atoms with E-state index in [2.05, 4.69) is 0 Å². The number of hydrogen-bond acceptors (Lipinski definition) is 3. The molecule has 0 aromatic heterocycles. The molecule has 1 saturated heterocycles. The number of aliphatic carboxylic acids is 1. The quantitative estimate of drug-likeness (QED) is 0.463. The van der Waals surface area contributed by atoms with Gasteiger partial charge in [0.2, 0.25) is 0 Å². The number of carboxylic acids is 1. The fourth-order valence-corrected chi connectivity index (χ4v) is 1.41. The third-order valence-corrected chi connectivity index (χ3v) is 2.00. The van der Waals surface area contributed by atoms with Crippen molar-refractivity contribution >= 4 is 11.9 Å². The number of carbonyl (C=O) groups excluding carboxylic acids is 1. The molecule has 1 rings (SSSR count). The smallest absolute Gasteiger partial charge is 0.394 e. The lowest BCUT2D eigenvalue weighted by Gasteiger charge is -2.17. The number of carbonyl (C=O) groups is 2. The summed E-state index contributed by atoms with van der Waals surface area (Å²) in [6, 6.07) is -0.177. The van der Waals surface area contributed by atoms with Crippen LogP contribution in [0.2, 0.25) is 0 Å². The van der Waals surface area contributed by atoms with Crippen molar-refractivity contribution in [1.82, 2.24) is 4.90 Å².